The Balaban J connectivity index is 1.70. The number of alkyl halides is 6. The molecule has 1 aromatic heterocycles. The molecule has 41 heavy (non-hydrogen) atoms. The van der Waals surface area contributed by atoms with Gasteiger partial charge in [0.05, 0.1) is 41.3 Å². The summed E-state index contributed by atoms with van der Waals surface area (Å²) in [5.41, 5.74) is -5.95. The summed E-state index contributed by atoms with van der Waals surface area (Å²) in [7, 11) is 0. The van der Waals surface area contributed by atoms with Crippen LogP contribution < -0.4 is 0 Å². The van der Waals surface area contributed by atoms with Crippen molar-refractivity contribution >= 4 is 35.1 Å². The molecule has 7 nitrogen and oxygen atoms in total. The van der Waals surface area contributed by atoms with Crippen LogP contribution in [0.25, 0.3) is 0 Å². The maximum atomic E-state index is 14.4. The maximum Gasteiger partial charge on any atom is 0.433 e. The maximum absolute atomic E-state index is 14.4. The normalized spacial score (nSPS) is 23.2. The highest BCUT2D eigenvalue weighted by molar-refractivity contribution is 6.36. The van der Waals surface area contributed by atoms with E-state index in [2.05, 4.69) is 5.10 Å². The Bertz CT molecular complexity index is 1300. The zero-order valence-corrected chi connectivity index (χ0v) is 23.2. The first-order valence-electron chi connectivity index (χ1n) is 12.8. The molecule has 4 rings (SSSR count). The van der Waals surface area contributed by atoms with Gasteiger partial charge >= 0.3 is 18.3 Å². The van der Waals surface area contributed by atoms with Gasteiger partial charge in [-0.05, 0) is 57.6 Å². The molecule has 1 atom stereocenters. The van der Waals surface area contributed by atoms with Crippen LogP contribution in [0.5, 0.6) is 0 Å². The molecule has 2 aromatic rings. The molecule has 226 valence electrons. The van der Waals surface area contributed by atoms with Crippen molar-refractivity contribution in [2.24, 2.45) is 10.8 Å². The summed E-state index contributed by atoms with van der Waals surface area (Å²) in [6, 6.07) is 3.30. The van der Waals surface area contributed by atoms with Crippen molar-refractivity contribution in [3.05, 3.63) is 51.3 Å². The van der Waals surface area contributed by atoms with E-state index >= 15 is 0 Å². The van der Waals surface area contributed by atoms with Gasteiger partial charge in [0.2, 0.25) is 0 Å². The molecule has 2 fully saturated rings. The highest BCUT2D eigenvalue weighted by atomic mass is 35.5. The molecule has 15 heteroatoms. The number of rotatable bonds is 8. The van der Waals surface area contributed by atoms with Gasteiger partial charge in [0, 0.05) is 22.2 Å². The fourth-order valence-electron chi connectivity index (χ4n) is 5.34. The number of aliphatic carboxylic acids is 1. The number of hydrogen-bond acceptors (Lipinski definition) is 4. The molecule has 1 heterocycles. The van der Waals surface area contributed by atoms with Crippen LogP contribution >= 0.6 is 23.2 Å². The molecule has 2 saturated carbocycles. The molecule has 0 radical (unpaired) electrons. The fraction of sp³-hybridized carbons (Fsp3) is 0.577. The Morgan fingerprint density at radius 2 is 1.66 bits per heavy atom. The predicted molar refractivity (Wildman–Crippen MR) is 136 cm³/mol. The Morgan fingerprint density at radius 3 is 2.12 bits per heavy atom. The van der Waals surface area contributed by atoms with Crippen molar-refractivity contribution in [3.63, 3.8) is 0 Å². The van der Waals surface area contributed by atoms with Gasteiger partial charge in [-0.15, -0.1) is 0 Å². The van der Waals surface area contributed by atoms with Crippen LogP contribution in [0, 0.1) is 10.8 Å². The van der Waals surface area contributed by atoms with E-state index < -0.39 is 71.6 Å². The molecule has 1 aromatic carbocycles. The van der Waals surface area contributed by atoms with Crippen molar-refractivity contribution in [2.75, 3.05) is 13.1 Å². The van der Waals surface area contributed by atoms with E-state index in [0.717, 1.165) is 0 Å². The van der Waals surface area contributed by atoms with E-state index in [1.807, 2.05) is 0 Å². The number of halogens is 8. The lowest BCUT2D eigenvalue weighted by atomic mass is 9.74. The summed E-state index contributed by atoms with van der Waals surface area (Å²) in [5, 5.41) is 24.0. The average Bonchev–Trinajstić information content (AvgIpc) is 3.52. The summed E-state index contributed by atoms with van der Waals surface area (Å²) in [6.07, 6.45) is -11.4. The number of aliphatic hydroxyl groups is 1. The van der Waals surface area contributed by atoms with Crippen molar-refractivity contribution in [2.45, 2.75) is 69.9 Å². The lowest BCUT2D eigenvalue weighted by Crippen LogP contribution is -2.44. The number of carbonyl (C=O) groups is 2. The molecule has 2 aliphatic carbocycles. The second kappa shape index (κ2) is 11.0. The van der Waals surface area contributed by atoms with Gasteiger partial charge in [0.15, 0.2) is 5.69 Å². The SMILES string of the molecule is CC1(C(=O)O)CCC(n2ncc(C(=O)N(CC(O)c3c(Cl)cccc3Cl)CC3(C(F)(F)F)CC3)c2C(F)(F)F)CC1. The molecule has 2 aliphatic rings. The molecule has 2 N–H and O–H groups in total. The monoisotopic (exact) mass is 629 g/mol. The number of carboxylic acid groups (broad SMARTS) is 1. The van der Waals surface area contributed by atoms with E-state index in [-0.39, 0.29) is 54.1 Å². The standard InChI is InChI=1S/C26H27Cl2F6N3O4/c1-23(22(40)41)7-5-14(6-8-23)37-20(25(29,30)31)15(11-35-37)21(39)36(13-24(9-10-24)26(32,33)34)12-18(38)19-16(27)3-2-4-17(19)28/h2-4,11,14,18,38H,5-10,12-13H2,1H3,(H,40,41). The third-order valence-corrected chi connectivity index (χ3v) is 8.84. The number of hydrogen-bond donors (Lipinski definition) is 2. The van der Waals surface area contributed by atoms with Gasteiger partial charge in [0.1, 0.15) is 0 Å². The molecule has 0 bridgehead atoms. The van der Waals surface area contributed by atoms with E-state index in [4.69, 9.17) is 23.2 Å². The highest BCUT2D eigenvalue weighted by Gasteiger charge is 2.64. The summed E-state index contributed by atoms with van der Waals surface area (Å²) < 4.78 is 85.4. The quantitative estimate of drug-likeness (QED) is 0.309. The Labute approximate surface area is 241 Å². The first kappa shape index (κ1) is 31.4. The van der Waals surface area contributed by atoms with Gasteiger partial charge < -0.3 is 15.1 Å². The number of aromatic nitrogens is 2. The number of aliphatic hydroxyl groups excluding tert-OH is 1. The number of nitrogens with zero attached hydrogens (tertiary/aromatic N) is 3. The molecular weight excluding hydrogens is 603 g/mol. The minimum absolute atomic E-state index is 0.0335. The molecule has 0 saturated heterocycles. The third kappa shape index (κ3) is 6.17. The van der Waals surface area contributed by atoms with E-state index in [9.17, 15) is 46.1 Å². The second-order valence-corrected chi connectivity index (χ2v) is 11.9. The number of carbonyl (C=O) groups excluding carboxylic acids is 1. The second-order valence-electron chi connectivity index (χ2n) is 11.1. The van der Waals surface area contributed by atoms with Gasteiger partial charge in [-0.25, -0.2) is 0 Å². The van der Waals surface area contributed by atoms with Crippen LogP contribution in [-0.2, 0) is 11.0 Å². The van der Waals surface area contributed by atoms with E-state index in [1.165, 1.54) is 25.1 Å². The van der Waals surface area contributed by atoms with Crippen LogP contribution in [0.1, 0.15) is 79.2 Å². The van der Waals surface area contributed by atoms with Crippen LogP contribution in [0.15, 0.2) is 24.4 Å². The molecule has 0 spiro atoms. The Hall–Kier alpha value is -2.51. The van der Waals surface area contributed by atoms with E-state index in [1.54, 1.807) is 0 Å². The van der Waals surface area contributed by atoms with Gasteiger partial charge in [-0.3, -0.25) is 14.3 Å². The number of benzene rings is 1. The van der Waals surface area contributed by atoms with E-state index in [0.29, 0.717) is 15.8 Å². The average molecular weight is 630 g/mol. The number of carboxylic acids is 1. The molecule has 1 amide bonds. The highest BCUT2D eigenvalue weighted by Crippen LogP contribution is 2.58. The fourth-order valence-corrected chi connectivity index (χ4v) is 5.99. The van der Waals surface area contributed by atoms with Crippen molar-refractivity contribution in [3.8, 4) is 0 Å². The van der Waals surface area contributed by atoms with Gasteiger partial charge in [-0.2, -0.15) is 31.4 Å². The zero-order valence-electron chi connectivity index (χ0n) is 21.7. The summed E-state index contributed by atoms with van der Waals surface area (Å²) in [6.45, 7) is -0.308. The van der Waals surface area contributed by atoms with Crippen LogP contribution in [0.3, 0.4) is 0 Å². The minimum atomic E-state index is -5.12. The predicted octanol–water partition coefficient (Wildman–Crippen LogP) is 6.93. The summed E-state index contributed by atoms with van der Waals surface area (Å²) in [5.74, 6) is -2.47. The van der Waals surface area contributed by atoms with Crippen molar-refractivity contribution < 1.29 is 46.1 Å². The topological polar surface area (TPSA) is 95.7 Å². The van der Waals surface area contributed by atoms with Crippen molar-refractivity contribution in [1.82, 2.24) is 14.7 Å². The first-order valence-corrected chi connectivity index (χ1v) is 13.5. The van der Waals surface area contributed by atoms with Crippen LogP contribution in [-0.4, -0.2) is 56.0 Å². The Morgan fingerprint density at radius 1 is 1.10 bits per heavy atom. The lowest BCUT2D eigenvalue weighted by Gasteiger charge is -2.35. The molecular formula is C26H27Cl2F6N3O4. The smallest absolute Gasteiger partial charge is 0.433 e. The van der Waals surface area contributed by atoms with Crippen molar-refractivity contribution in [1.29, 1.82) is 0 Å². The third-order valence-electron chi connectivity index (χ3n) is 8.18. The summed E-state index contributed by atoms with van der Waals surface area (Å²) in [4.78, 5) is 25.7. The lowest BCUT2D eigenvalue weighted by molar-refractivity contribution is -0.190. The zero-order chi connectivity index (χ0) is 30.5. The minimum Gasteiger partial charge on any atom is -0.481 e. The van der Waals surface area contributed by atoms with Crippen LogP contribution in [0.2, 0.25) is 10.0 Å². The number of amides is 1. The van der Waals surface area contributed by atoms with Gasteiger partial charge in [-0.1, -0.05) is 29.3 Å². The summed E-state index contributed by atoms with van der Waals surface area (Å²) >= 11 is 12.2. The molecule has 0 aliphatic heterocycles. The van der Waals surface area contributed by atoms with Gasteiger partial charge in [0.25, 0.3) is 5.91 Å². The first-order chi connectivity index (χ1) is 18.9. The Kier molecular flexibility index (Phi) is 8.40. The van der Waals surface area contributed by atoms with Crippen LogP contribution in [0.4, 0.5) is 26.3 Å². The molecule has 1 unspecified atom stereocenters. The largest absolute Gasteiger partial charge is 0.481 e.